The van der Waals surface area contributed by atoms with Gasteiger partial charge >= 0.3 is 0 Å². The summed E-state index contributed by atoms with van der Waals surface area (Å²) in [6.45, 7) is 2.52. The molecule has 1 saturated heterocycles. The molecule has 0 saturated carbocycles. The normalized spacial score (nSPS) is 18.4. The molecular formula is C19H25N3O3. The summed E-state index contributed by atoms with van der Waals surface area (Å²) < 4.78 is 6.96. The number of carbonyl (C=O) groups is 1. The van der Waals surface area contributed by atoms with Gasteiger partial charge < -0.3 is 14.7 Å². The fourth-order valence-corrected chi connectivity index (χ4v) is 3.68. The van der Waals surface area contributed by atoms with Crippen LogP contribution in [0.1, 0.15) is 47.0 Å². The van der Waals surface area contributed by atoms with Crippen molar-refractivity contribution >= 4 is 5.91 Å². The molecule has 1 amide bonds. The van der Waals surface area contributed by atoms with E-state index in [0.29, 0.717) is 30.1 Å². The van der Waals surface area contributed by atoms with Crippen LogP contribution in [0.5, 0.6) is 5.88 Å². The third kappa shape index (κ3) is 3.39. The van der Waals surface area contributed by atoms with Crippen LogP contribution in [-0.2, 0) is 7.05 Å². The van der Waals surface area contributed by atoms with E-state index in [4.69, 9.17) is 4.74 Å². The van der Waals surface area contributed by atoms with Crippen LogP contribution in [0, 0.1) is 6.92 Å². The molecule has 6 heteroatoms. The summed E-state index contributed by atoms with van der Waals surface area (Å²) >= 11 is 0. The van der Waals surface area contributed by atoms with Crippen LogP contribution in [-0.4, -0.2) is 45.4 Å². The smallest absolute Gasteiger partial charge is 0.261 e. The number of methoxy groups -OCH3 is 1. The van der Waals surface area contributed by atoms with Gasteiger partial charge in [-0.05, 0) is 31.7 Å². The summed E-state index contributed by atoms with van der Waals surface area (Å²) in [4.78, 5) is 15.0. The van der Waals surface area contributed by atoms with Crippen LogP contribution in [0.2, 0.25) is 0 Å². The van der Waals surface area contributed by atoms with Crippen LogP contribution in [0.4, 0.5) is 0 Å². The first kappa shape index (κ1) is 17.5. The number of aromatic nitrogens is 2. The number of benzene rings is 1. The lowest BCUT2D eigenvalue weighted by Gasteiger charge is -2.27. The Morgan fingerprint density at radius 1 is 1.40 bits per heavy atom. The lowest BCUT2D eigenvalue weighted by molar-refractivity contribution is 0.0663. The SMILES string of the molecule is COc1c(C(=O)N2CCC[C@H]2C[C@H](O)c2ccccc2)c(C)nn1C. The van der Waals surface area contributed by atoms with Crippen LogP contribution in [0.25, 0.3) is 0 Å². The zero-order chi connectivity index (χ0) is 18.0. The van der Waals surface area contributed by atoms with Gasteiger partial charge in [-0.3, -0.25) is 4.79 Å². The van der Waals surface area contributed by atoms with Crippen molar-refractivity contribution in [3.63, 3.8) is 0 Å². The molecule has 1 aromatic carbocycles. The number of rotatable bonds is 5. The molecule has 1 fully saturated rings. The maximum atomic E-state index is 13.1. The predicted octanol–water partition coefficient (Wildman–Crippen LogP) is 2.47. The third-order valence-corrected chi connectivity index (χ3v) is 4.89. The number of aliphatic hydroxyl groups is 1. The van der Waals surface area contributed by atoms with Crippen molar-refractivity contribution in [1.29, 1.82) is 0 Å². The van der Waals surface area contributed by atoms with Crippen molar-refractivity contribution in [2.75, 3.05) is 13.7 Å². The van der Waals surface area contributed by atoms with Crippen molar-refractivity contribution in [3.8, 4) is 5.88 Å². The van der Waals surface area contributed by atoms with E-state index in [1.54, 1.807) is 18.8 Å². The summed E-state index contributed by atoms with van der Waals surface area (Å²) in [5, 5.41) is 14.8. The lowest BCUT2D eigenvalue weighted by Crippen LogP contribution is -2.36. The van der Waals surface area contributed by atoms with Gasteiger partial charge in [0, 0.05) is 19.6 Å². The highest BCUT2D eigenvalue weighted by Crippen LogP contribution is 2.31. The topological polar surface area (TPSA) is 67.6 Å². The number of aryl methyl sites for hydroxylation is 2. The molecule has 0 bridgehead atoms. The molecule has 0 unspecified atom stereocenters. The van der Waals surface area contributed by atoms with Gasteiger partial charge in [-0.1, -0.05) is 30.3 Å². The van der Waals surface area contributed by atoms with Gasteiger partial charge in [0.15, 0.2) is 0 Å². The summed E-state index contributed by atoms with van der Waals surface area (Å²) in [6, 6.07) is 9.62. The van der Waals surface area contributed by atoms with Gasteiger partial charge in [-0.15, -0.1) is 0 Å². The monoisotopic (exact) mass is 343 g/mol. The number of carbonyl (C=O) groups excluding carboxylic acids is 1. The fourth-order valence-electron chi connectivity index (χ4n) is 3.68. The minimum absolute atomic E-state index is 0.0204. The average molecular weight is 343 g/mol. The van der Waals surface area contributed by atoms with E-state index < -0.39 is 6.10 Å². The lowest BCUT2D eigenvalue weighted by atomic mass is 10.00. The van der Waals surface area contributed by atoms with E-state index in [-0.39, 0.29) is 11.9 Å². The van der Waals surface area contributed by atoms with E-state index in [9.17, 15) is 9.90 Å². The maximum Gasteiger partial charge on any atom is 0.261 e. The highest BCUT2D eigenvalue weighted by Gasteiger charge is 2.34. The Balaban J connectivity index is 1.79. The number of aliphatic hydroxyl groups excluding tert-OH is 1. The largest absolute Gasteiger partial charge is 0.481 e. The van der Waals surface area contributed by atoms with Crippen LogP contribution in [0.3, 0.4) is 0 Å². The molecule has 2 aromatic rings. The van der Waals surface area contributed by atoms with Gasteiger partial charge in [0.2, 0.25) is 5.88 Å². The minimum atomic E-state index is -0.573. The fraction of sp³-hybridized carbons (Fsp3) is 0.474. The highest BCUT2D eigenvalue weighted by atomic mass is 16.5. The first-order valence-corrected chi connectivity index (χ1v) is 8.64. The second kappa shape index (κ2) is 7.27. The zero-order valence-corrected chi connectivity index (χ0v) is 15.0. The number of ether oxygens (including phenoxy) is 1. The van der Waals surface area contributed by atoms with Crippen LogP contribution in [0.15, 0.2) is 30.3 Å². The van der Waals surface area contributed by atoms with Gasteiger partial charge in [0.05, 0.1) is 18.9 Å². The van der Waals surface area contributed by atoms with Crippen molar-refractivity contribution in [2.45, 2.75) is 38.3 Å². The average Bonchev–Trinajstić information content (AvgIpc) is 3.18. The molecular weight excluding hydrogens is 318 g/mol. The molecule has 0 radical (unpaired) electrons. The van der Waals surface area contributed by atoms with Crippen LogP contribution < -0.4 is 4.74 Å². The second-order valence-corrected chi connectivity index (χ2v) is 6.55. The number of amides is 1. The molecule has 0 spiro atoms. The van der Waals surface area contributed by atoms with E-state index in [1.807, 2.05) is 42.2 Å². The molecule has 134 valence electrons. The van der Waals surface area contributed by atoms with Gasteiger partial charge in [-0.25, -0.2) is 4.68 Å². The van der Waals surface area contributed by atoms with E-state index in [2.05, 4.69) is 5.10 Å². The standard InChI is InChI=1S/C19H25N3O3/c1-13-17(19(25-3)21(2)20-13)18(24)22-11-7-10-15(22)12-16(23)14-8-5-4-6-9-14/h4-6,8-9,15-16,23H,7,10-12H2,1-3H3/t15-,16-/m0/s1. The summed E-state index contributed by atoms with van der Waals surface area (Å²) in [5.41, 5.74) is 2.07. The Labute approximate surface area is 148 Å². The summed E-state index contributed by atoms with van der Waals surface area (Å²) in [6.07, 6.45) is 1.81. The second-order valence-electron chi connectivity index (χ2n) is 6.55. The zero-order valence-electron chi connectivity index (χ0n) is 15.0. The molecule has 2 atom stereocenters. The number of likely N-dealkylation sites (tertiary alicyclic amines) is 1. The van der Waals surface area contributed by atoms with E-state index >= 15 is 0 Å². The molecule has 1 aliphatic heterocycles. The number of hydrogen-bond acceptors (Lipinski definition) is 4. The Kier molecular flexibility index (Phi) is 5.08. The Morgan fingerprint density at radius 3 is 2.80 bits per heavy atom. The predicted molar refractivity (Wildman–Crippen MR) is 94.6 cm³/mol. The van der Waals surface area contributed by atoms with Gasteiger partial charge in [-0.2, -0.15) is 5.10 Å². The number of hydrogen-bond donors (Lipinski definition) is 1. The van der Waals surface area contributed by atoms with E-state index in [1.165, 1.54) is 0 Å². The van der Waals surface area contributed by atoms with Crippen molar-refractivity contribution in [1.82, 2.24) is 14.7 Å². The maximum absolute atomic E-state index is 13.1. The van der Waals surface area contributed by atoms with Gasteiger partial charge in [0.1, 0.15) is 5.56 Å². The summed E-state index contributed by atoms with van der Waals surface area (Å²) in [5.74, 6) is 0.418. The quantitative estimate of drug-likeness (QED) is 0.906. The Bertz CT molecular complexity index is 742. The molecule has 1 aliphatic rings. The minimum Gasteiger partial charge on any atom is -0.481 e. The Morgan fingerprint density at radius 2 is 2.12 bits per heavy atom. The first-order chi connectivity index (χ1) is 12.0. The van der Waals surface area contributed by atoms with Crippen LogP contribution >= 0.6 is 0 Å². The molecule has 3 rings (SSSR count). The molecule has 2 heterocycles. The van der Waals surface area contributed by atoms with Crippen molar-refractivity contribution < 1.29 is 14.6 Å². The Hall–Kier alpha value is -2.34. The van der Waals surface area contributed by atoms with Gasteiger partial charge in [0.25, 0.3) is 5.91 Å². The summed E-state index contributed by atoms with van der Waals surface area (Å²) in [7, 11) is 3.32. The molecule has 6 nitrogen and oxygen atoms in total. The molecule has 1 N–H and O–H groups in total. The number of nitrogens with zero attached hydrogens (tertiary/aromatic N) is 3. The molecule has 0 aliphatic carbocycles. The third-order valence-electron chi connectivity index (χ3n) is 4.89. The highest BCUT2D eigenvalue weighted by molar-refractivity contribution is 5.98. The molecule has 25 heavy (non-hydrogen) atoms. The van der Waals surface area contributed by atoms with E-state index in [0.717, 1.165) is 18.4 Å². The first-order valence-electron chi connectivity index (χ1n) is 8.64. The van der Waals surface area contributed by atoms with Crippen molar-refractivity contribution in [2.24, 2.45) is 7.05 Å². The van der Waals surface area contributed by atoms with Crippen molar-refractivity contribution in [3.05, 3.63) is 47.2 Å². The molecule has 1 aromatic heterocycles.